The summed E-state index contributed by atoms with van der Waals surface area (Å²) in [5, 5.41) is 0.484. The van der Waals surface area contributed by atoms with Gasteiger partial charge in [0.05, 0.1) is 32.4 Å². The van der Waals surface area contributed by atoms with Crippen LogP contribution in [0.2, 0.25) is 0 Å². The van der Waals surface area contributed by atoms with E-state index in [2.05, 4.69) is 4.98 Å². The van der Waals surface area contributed by atoms with Crippen LogP contribution < -0.4 is 9.64 Å². The van der Waals surface area contributed by atoms with Gasteiger partial charge in [-0.3, -0.25) is 9.69 Å². The topological polar surface area (TPSA) is 68.7 Å². The summed E-state index contributed by atoms with van der Waals surface area (Å²) in [4.78, 5) is 32.0. The summed E-state index contributed by atoms with van der Waals surface area (Å²) in [6.45, 7) is 4.16. The second kappa shape index (κ2) is 10.0. The molecule has 0 bridgehead atoms. The standard InChI is InChI=1S/C23H24N2O4S/c1-4-29-22(27)21-16(2)24-23(30-21)25(15-18-8-6-5-7-9-18)20(26)14-17-10-12-19(28-3)13-11-17/h5-13H,4,14-15H2,1-3H3. The lowest BCUT2D eigenvalue weighted by molar-refractivity contribution is -0.118. The van der Waals surface area contributed by atoms with Crippen LogP contribution in [-0.4, -0.2) is 30.6 Å². The number of benzene rings is 2. The van der Waals surface area contributed by atoms with Gasteiger partial charge in [-0.05, 0) is 37.1 Å². The van der Waals surface area contributed by atoms with E-state index in [1.165, 1.54) is 11.3 Å². The lowest BCUT2D eigenvalue weighted by Crippen LogP contribution is -2.31. The molecular formula is C23H24N2O4S. The minimum Gasteiger partial charge on any atom is -0.497 e. The number of aromatic nitrogens is 1. The van der Waals surface area contributed by atoms with Crippen molar-refractivity contribution in [1.29, 1.82) is 0 Å². The molecule has 0 spiro atoms. The van der Waals surface area contributed by atoms with Crippen LogP contribution in [0.3, 0.4) is 0 Å². The Hall–Kier alpha value is -3.19. The van der Waals surface area contributed by atoms with E-state index >= 15 is 0 Å². The van der Waals surface area contributed by atoms with E-state index in [1.807, 2.05) is 54.6 Å². The van der Waals surface area contributed by atoms with Crippen LogP contribution in [0.4, 0.5) is 5.13 Å². The van der Waals surface area contributed by atoms with Gasteiger partial charge in [0, 0.05) is 0 Å². The molecule has 1 heterocycles. The smallest absolute Gasteiger partial charge is 0.350 e. The molecule has 156 valence electrons. The minimum atomic E-state index is -0.416. The summed E-state index contributed by atoms with van der Waals surface area (Å²) >= 11 is 1.18. The predicted molar refractivity (Wildman–Crippen MR) is 117 cm³/mol. The van der Waals surface area contributed by atoms with Crippen LogP contribution in [0, 0.1) is 6.92 Å². The number of ether oxygens (including phenoxy) is 2. The molecule has 2 aromatic carbocycles. The Kier molecular flexibility index (Phi) is 7.19. The maximum atomic E-state index is 13.2. The van der Waals surface area contributed by atoms with E-state index in [4.69, 9.17) is 9.47 Å². The molecule has 3 aromatic rings. The summed E-state index contributed by atoms with van der Waals surface area (Å²) in [6, 6.07) is 17.1. The second-order valence-corrected chi connectivity index (χ2v) is 7.60. The molecule has 7 heteroatoms. The molecule has 0 unspecified atom stereocenters. The second-order valence-electron chi connectivity index (χ2n) is 6.62. The Morgan fingerprint density at radius 3 is 2.37 bits per heavy atom. The van der Waals surface area contributed by atoms with Gasteiger partial charge < -0.3 is 9.47 Å². The summed E-state index contributed by atoms with van der Waals surface area (Å²) < 4.78 is 10.3. The van der Waals surface area contributed by atoms with E-state index < -0.39 is 5.97 Å². The minimum absolute atomic E-state index is 0.104. The van der Waals surface area contributed by atoms with Gasteiger partial charge in [-0.2, -0.15) is 0 Å². The first-order valence-corrected chi connectivity index (χ1v) is 10.4. The highest BCUT2D eigenvalue weighted by molar-refractivity contribution is 7.17. The Morgan fingerprint density at radius 1 is 1.03 bits per heavy atom. The van der Waals surface area contributed by atoms with Crippen molar-refractivity contribution in [3.63, 3.8) is 0 Å². The van der Waals surface area contributed by atoms with Crippen LogP contribution in [0.5, 0.6) is 5.75 Å². The SMILES string of the molecule is CCOC(=O)c1sc(N(Cc2ccccc2)C(=O)Cc2ccc(OC)cc2)nc1C. The number of hydrogen-bond donors (Lipinski definition) is 0. The Labute approximate surface area is 180 Å². The van der Waals surface area contributed by atoms with Crippen molar-refractivity contribution in [3.8, 4) is 5.75 Å². The molecule has 0 atom stereocenters. The molecule has 3 rings (SSSR count). The van der Waals surface area contributed by atoms with E-state index in [0.717, 1.165) is 16.9 Å². The number of methoxy groups -OCH3 is 1. The molecular weight excluding hydrogens is 400 g/mol. The Balaban J connectivity index is 1.89. The van der Waals surface area contributed by atoms with E-state index in [1.54, 1.807) is 25.9 Å². The summed E-state index contributed by atoms with van der Waals surface area (Å²) in [5.74, 6) is 0.219. The van der Waals surface area contributed by atoms with Crippen LogP contribution in [0.15, 0.2) is 54.6 Å². The van der Waals surface area contributed by atoms with Gasteiger partial charge >= 0.3 is 5.97 Å². The van der Waals surface area contributed by atoms with Crippen molar-refractivity contribution in [2.24, 2.45) is 0 Å². The maximum Gasteiger partial charge on any atom is 0.350 e. The summed E-state index contributed by atoms with van der Waals surface area (Å²) in [5.41, 5.74) is 2.41. The summed E-state index contributed by atoms with van der Waals surface area (Å²) in [6.07, 6.45) is 0.212. The first-order valence-electron chi connectivity index (χ1n) is 9.63. The molecule has 0 aliphatic rings. The quantitative estimate of drug-likeness (QED) is 0.501. The fourth-order valence-electron chi connectivity index (χ4n) is 2.93. The van der Waals surface area contributed by atoms with E-state index in [0.29, 0.717) is 22.2 Å². The van der Waals surface area contributed by atoms with Crippen molar-refractivity contribution in [2.45, 2.75) is 26.8 Å². The molecule has 0 saturated carbocycles. The zero-order chi connectivity index (χ0) is 21.5. The third-order valence-electron chi connectivity index (χ3n) is 4.48. The first-order chi connectivity index (χ1) is 14.5. The average Bonchev–Trinajstić information content (AvgIpc) is 3.14. The molecule has 0 N–H and O–H groups in total. The Bertz CT molecular complexity index is 1000. The van der Waals surface area contributed by atoms with Crippen LogP contribution >= 0.6 is 11.3 Å². The number of rotatable bonds is 8. The zero-order valence-corrected chi connectivity index (χ0v) is 18.1. The number of aryl methyl sites for hydroxylation is 1. The number of anilines is 1. The number of thiazole rings is 1. The lowest BCUT2D eigenvalue weighted by Gasteiger charge is -2.20. The molecule has 0 aliphatic heterocycles. The molecule has 0 fully saturated rings. The lowest BCUT2D eigenvalue weighted by atomic mass is 10.1. The number of carbonyl (C=O) groups is 2. The van der Waals surface area contributed by atoms with Crippen molar-refractivity contribution in [3.05, 3.63) is 76.3 Å². The average molecular weight is 425 g/mol. The Morgan fingerprint density at radius 2 is 1.73 bits per heavy atom. The fourth-order valence-corrected chi connectivity index (χ4v) is 3.90. The highest BCUT2D eigenvalue weighted by Gasteiger charge is 2.24. The van der Waals surface area contributed by atoms with Crippen LogP contribution in [0.1, 0.15) is 33.4 Å². The molecule has 1 aromatic heterocycles. The highest BCUT2D eigenvalue weighted by atomic mass is 32.1. The molecule has 6 nitrogen and oxygen atoms in total. The van der Waals surface area contributed by atoms with Gasteiger partial charge in [0.1, 0.15) is 10.6 Å². The van der Waals surface area contributed by atoms with Crippen molar-refractivity contribution in [1.82, 2.24) is 4.98 Å². The molecule has 30 heavy (non-hydrogen) atoms. The van der Waals surface area contributed by atoms with Gasteiger partial charge in [0.15, 0.2) is 5.13 Å². The molecule has 0 aliphatic carbocycles. The van der Waals surface area contributed by atoms with Crippen LogP contribution in [0.25, 0.3) is 0 Å². The normalized spacial score (nSPS) is 10.5. The van der Waals surface area contributed by atoms with Gasteiger partial charge in [-0.25, -0.2) is 9.78 Å². The maximum absolute atomic E-state index is 13.2. The third kappa shape index (κ3) is 5.24. The number of nitrogens with zero attached hydrogens (tertiary/aromatic N) is 2. The zero-order valence-electron chi connectivity index (χ0n) is 17.3. The largest absolute Gasteiger partial charge is 0.497 e. The monoisotopic (exact) mass is 424 g/mol. The first kappa shape index (κ1) is 21.5. The molecule has 0 radical (unpaired) electrons. The van der Waals surface area contributed by atoms with Gasteiger partial charge in [-0.1, -0.05) is 53.8 Å². The fraction of sp³-hybridized carbons (Fsp3) is 0.261. The van der Waals surface area contributed by atoms with Crippen molar-refractivity contribution < 1.29 is 19.1 Å². The number of hydrogen-bond acceptors (Lipinski definition) is 6. The third-order valence-corrected chi connectivity index (χ3v) is 5.64. The van der Waals surface area contributed by atoms with E-state index in [9.17, 15) is 9.59 Å². The predicted octanol–water partition coefficient (Wildman–Crippen LogP) is 4.41. The highest BCUT2D eigenvalue weighted by Crippen LogP contribution is 2.29. The molecule has 1 amide bonds. The van der Waals surface area contributed by atoms with Gasteiger partial charge in [0.25, 0.3) is 0 Å². The van der Waals surface area contributed by atoms with Gasteiger partial charge in [-0.15, -0.1) is 0 Å². The molecule has 0 saturated heterocycles. The van der Waals surface area contributed by atoms with Gasteiger partial charge in [0.2, 0.25) is 5.91 Å². The van der Waals surface area contributed by atoms with Crippen molar-refractivity contribution >= 4 is 28.3 Å². The van der Waals surface area contributed by atoms with E-state index in [-0.39, 0.29) is 18.9 Å². The number of carbonyl (C=O) groups excluding carboxylic acids is 2. The number of amides is 1. The summed E-state index contributed by atoms with van der Waals surface area (Å²) in [7, 11) is 1.60. The number of esters is 1. The van der Waals surface area contributed by atoms with Crippen LogP contribution in [-0.2, 0) is 22.5 Å². The van der Waals surface area contributed by atoms with Crippen molar-refractivity contribution in [2.75, 3.05) is 18.6 Å².